The summed E-state index contributed by atoms with van der Waals surface area (Å²) in [5.41, 5.74) is 1.25. The van der Waals surface area contributed by atoms with Crippen molar-refractivity contribution in [3.05, 3.63) is 46.6 Å². The molecule has 0 spiro atoms. The highest BCUT2D eigenvalue weighted by Crippen LogP contribution is 2.41. The molecule has 1 aliphatic rings. The van der Waals surface area contributed by atoms with E-state index in [2.05, 4.69) is 20.5 Å². The quantitative estimate of drug-likeness (QED) is 0.472. The van der Waals surface area contributed by atoms with Gasteiger partial charge in [-0.25, -0.2) is 18.3 Å². The molecule has 0 radical (unpaired) electrons. The minimum absolute atomic E-state index is 0.109. The van der Waals surface area contributed by atoms with Crippen LogP contribution in [0.5, 0.6) is 0 Å². The average molecular weight is 505 g/mol. The molecule has 7 nitrogen and oxygen atoms in total. The van der Waals surface area contributed by atoms with Gasteiger partial charge in [0.25, 0.3) is 5.91 Å². The standard InChI is InChI=1S/C21H22ClF5N6O/c1-12-15(10-29-32(12)7-6-21(25,26)27)19(34)31-18(13-2-4-20(23,24)5-3-13)16-11-33-17(30-16)8-14(22)9-28-33/h8-11,13,18H,2-7H2,1H3,(H,31,34). The Kier molecular flexibility index (Phi) is 6.54. The summed E-state index contributed by atoms with van der Waals surface area (Å²) in [6.45, 7) is 1.09. The summed E-state index contributed by atoms with van der Waals surface area (Å²) in [5.74, 6) is -3.64. The molecule has 34 heavy (non-hydrogen) atoms. The van der Waals surface area contributed by atoms with E-state index in [-0.39, 0.29) is 42.9 Å². The lowest BCUT2D eigenvalue weighted by Crippen LogP contribution is -2.37. The fraction of sp³-hybridized carbons (Fsp3) is 0.524. The van der Waals surface area contributed by atoms with E-state index >= 15 is 0 Å². The molecule has 184 valence electrons. The summed E-state index contributed by atoms with van der Waals surface area (Å²) >= 11 is 5.98. The highest BCUT2D eigenvalue weighted by molar-refractivity contribution is 6.30. The molecule has 1 saturated carbocycles. The monoisotopic (exact) mass is 504 g/mol. The zero-order chi connectivity index (χ0) is 24.7. The Morgan fingerprint density at radius 2 is 1.97 bits per heavy atom. The summed E-state index contributed by atoms with van der Waals surface area (Å²) in [7, 11) is 0. The van der Waals surface area contributed by atoms with Crippen LogP contribution in [0.3, 0.4) is 0 Å². The van der Waals surface area contributed by atoms with E-state index in [1.165, 1.54) is 23.8 Å². The van der Waals surface area contributed by atoms with E-state index in [0.717, 1.165) is 4.68 Å². The molecule has 1 atom stereocenters. The van der Waals surface area contributed by atoms with E-state index in [9.17, 15) is 26.7 Å². The van der Waals surface area contributed by atoms with Crippen molar-refractivity contribution in [2.24, 2.45) is 5.92 Å². The maximum atomic E-state index is 13.8. The number of imidazole rings is 1. The molecule has 1 N–H and O–H groups in total. The van der Waals surface area contributed by atoms with Crippen LogP contribution in [0.2, 0.25) is 5.02 Å². The third-order valence-corrected chi connectivity index (χ3v) is 6.31. The first-order valence-corrected chi connectivity index (χ1v) is 11.1. The molecule has 3 aromatic heterocycles. The van der Waals surface area contributed by atoms with Crippen LogP contribution in [-0.2, 0) is 6.54 Å². The van der Waals surface area contributed by atoms with Crippen molar-refractivity contribution in [2.75, 3.05) is 0 Å². The lowest BCUT2D eigenvalue weighted by Gasteiger charge is -2.33. The first kappa shape index (κ1) is 24.4. The Labute approximate surface area is 196 Å². The van der Waals surface area contributed by atoms with Crippen molar-refractivity contribution in [1.29, 1.82) is 0 Å². The van der Waals surface area contributed by atoms with Crippen LogP contribution in [-0.4, -0.2) is 42.4 Å². The van der Waals surface area contributed by atoms with Gasteiger partial charge in [0.05, 0.1) is 47.3 Å². The van der Waals surface area contributed by atoms with Crippen molar-refractivity contribution in [3.63, 3.8) is 0 Å². The Morgan fingerprint density at radius 3 is 2.65 bits per heavy atom. The van der Waals surface area contributed by atoms with Crippen molar-refractivity contribution >= 4 is 23.2 Å². The van der Waals surface area contributed by atoms with Gasteiger partial charge in [-0.05, 0) is 25.7 Å². The van der Waals surface area contributed by atoms with Crippen LogP contribution < -0.4 is 5.32 Å². The van der Waals surface area contributed by atoms with E-state index in [1.807, 2.05) is 0 Å². The Bertz CT molecular complexity index is 1180. The number of amides is 1. The van der Waals surface area contributed by atoms with Crippen LogP contribution in [0.25, 0.3) is 5.65 Å². The molecule has 0 saturated heterocycles. The first-order chi connectivity index (χ1) is 15.9. The number of nitrogens with zero attached hydrogens (tertiary/aromatic N) is 5. The fourth-order valence-electron chi connectivity index (χ4n) is 4.20. The number of nitrogens with one attached hydrogen (secondary N) is 1. The van der Waals surface area contributed by atoms with E-state index < -0.39 is 37.0 Å². The largest absolute Gasteiger partial charge is 0.390 e. The minimum atomic E-state index is -4.35. The van der Waals surface area contributed by atoms with Crippen molar-refractivity contribution in [1.82, 2.24) is 29.7 Å². The summed E-state index contributed by atoms with van der Waals surface area (Å²) in [6.07, 6.45) is -1.48. The molecular weight excluding hydrogens is 483 g/mol. The van der Waals surface area contributed by atoms with E-state index in [0.29, 0.717) is 16.4 Å². The lowest BCUT2D eigenvalue weighted by molar-refractivity contribution is -0.137. The molecular formula is C21H22ClF5N6O. The number of aromatic nitrogens is 5. The molecule has 3 aromatic rings. The Hall–Kier alpha value is -2.76. The predicted octanol–water partition coefficient (Wildman–Crippen LogP) is 5.14. The molecule has 0 aromatic carbocycles. The molecule has 1 amide bonds. The summed E-state index contributed by atoms with van der Waals surface area (Å²) in [6, 6.07) is 0.878. The van der Waals surface area contributed by atoms with Crippen molar-refractivity contribution in [2.45, 2.75) is 63.7 Å². The van der Waals surface area contributed by atoms with Gasteiger partial charge < -0.3 is 5.32 Å². The smallest absolute Gasteiger partial charge is 0.343 e. The van der Waals surface area contributed by atoms with Gasteiger partial charge in [0.15, 0.2) is 5.65 Å². The molecule has 3 heterocycles. The highest BCUT2D eigenvalue weighted by atomic mass is 35.5. The lowest BCUT2D eigenvalue weighted by atomic mass is 9.81. The number of halogens is 6. The molecule has 1 aliphatic carbocycles. The third-order valence-electron chi connectivity index (χ3n) is 6.10. The molecule has 13 heteroatoms. The minimum Gasteiger partial charge on any atom is -0.343 e. The predicted molar refractivity (Wildman–Crippen MR) is 113 cm³/mol. The number of rotatable bonds is 6. The summed E-state index contributed by atoms with van der Waals surface area (Å²) < 4.78 is 67.9. The second-order valence-corrected chi connectivity index (χ2v) is 8.96. The van der Waals surface area contributed by atoms with Gasteiger partial charge in [-0.1, -0.05) is 11.6 Å². The van der Waals surface area contributed by atoms with Gasteiger partial charge in [0, 0.05) is 31.1 Å². The van der Waals surface area contributed by atoms with Crippen LogP contribution in [0, 0.1) is 12.8 Å². The number of hydrogen-bond donors (Lipinski definition) is 1. The number of carbonyl (C=O) groups excluding carboxylic acids is 1. The Morgan fingerprint density at radius 1 is 1.26 bits per heavy atom. The number of aryl methyl sites for hydroxylation is 1. The zero-order valence-corrected chi connectivity index (χ0v) is 18.9. The molecule has 1 fully saturated rings. The van der Waals surface area contributed by atoms with Gasteiger partial charge in [0.1, 0.15) is 0 Å². The second-order valence-electron chi connectivity index (χ2n) is 8.52. The summed E-state index contributed by atoms with van der Waals surface area (Å²) in [5, 5.41) is 11.3. The zero-order valence-electron chi connectivity index (χ0n) is 18.1. The topological polar surface area (TPSA) is 77.1 Å². The summed E-state index contributed by atoms with van der Waals surface area (Å²) in [4.78, 5) is 17.6. The van der Waals surface area contributed by atoms with Crippen LogP contribution in [0.1, 0.15) is 59.9 Å². The van der Waals surface area contributed by atoms with E-state index in [4.69, 9.17) is 11.6 Å². The SMILES string of the molecule is Cc1c(C(=O)NC(c2cn3ncc(Cl)cc3n2)C2CCC(F)(F)CC2)cnn1CCC(F)(F)F. The number of carbonyl (C=O) groups is 1. The van der Waals surface area contributed by atoms with Gasteiger partial charge in [0.2, 0.25) is 5.92 Å². The number of fused-ring (bicyclic) bond motifs is 1. The molecule has 4 rings (SSSR count). The molecule has 1 unspecified atom stereocenters. The van der Waals surface area contributed by atoms with Gasteiger partial charge in [-0.3, -0.25) is 9.48 Å². The number of alkyl halides is 5. The highest BCUT2D eigenvalue weighted by Gasteiger charge is 2.39. The normalized spacial score (nSPS) is 17.7. The van der Waals surface area contributed by atoms with Gasteiger partial charge >= 0.3 is 6.18 Å². The Balaban J connectivity index is 1.59. The van der Waals surface area contributed by atoms with Gasteiger partial charge in [-0.15, -0.1) is 0 Å². The maximum Gasteiger partial charge on any atom is 0.390 e. The fourth-order valence-corrected chi connectivity index (χ4v) is 4.34. The van der Waals surface area contributed by atoms with Crippen LogP contribution in [0.4, 0.5) is 22.0 Å². The maximum absolute atomic E-state index is 13.8. The van der Waals surface area contributed by atoms with Gasteiger partial charge in [-0.2, -0.15) is 23.4 Å². The van der Waals surface area contributed by atoms with Crippen molar-refractivity contribution < 1.29 is 26.7 Å². The second kappa shape index (κ2) is 9.12. The third kappa shape index (κ3) is 5.48. The van der Waals surface area contributed by atoms with Crippen molar-refractivity contribution in [3.8, 4) is 0 Å². The number of hydrogen-bond acceptors (Lipinski definition) is 4. The average Bonchev–Trinajstić information content (AvgIpc) is 3.33. The van der Waals surface area contributed by atoms with Crippen LogP contribution in [0.15, 0.2) is 24.7 Å². The van der Waals surface area contributed by atoms with Crippen LogP contribution >= 0.6 is 11.6 Å². The molecule has 0 bridgehead atoms. The van der Waals surface area contributed by atoms with E-state index in [1.54, 1.807) is 12.3 Å². The molecule has 0 aliphatic heterocycles. The first-order valence-electron chi connectivity index (χ1n) is 10.7.